The second-order valence-electron chi connectivity index (χ2n) is 4.87. The molecule has 0 spiro atoms. The van der Waals surface area contributed by atoms with E-state index in [1.165, 1.54) is 32.4 Å². The number of carboxylic acid groups (broad SMARTS) is 1. The SMILES string of the molecule is O=C(O)C1COCCN1CCN1CCCCC1. The van der Waals surface area contributed by atoms with E-state index in [0.717, 1.165) is 19.6 Å². The van der Waals surface area contributed by atoms with Crippen LogP contribution in [0.4, 0.5) is 0 Å². The van der Waals surface area contributed by atoms with Crippen molar-refractivity contribution in [3.05, 3.63) is 0 Å². The minimum Gasteiger partial charge on any atom is -0.480 e. The molecule has 0 saturated carbocycles. The summed E-state index contributed by atoms with van der Waals surface area (Å²) in [6.07, 6.45) is 3.91. The first-order valence-corrected chi connectivity index (χ1v) is 6.54. The van der Waals surface area contributed by atoms with Gasteiger partial charge in [0.05, 0.1) is 13.2 Å². The average molecular weight is 242 g/mol. The summed E-state index contributed by atoms with van der Waals surface area (Å²) < 4.78 is 5.23. The Kier molecular flexibility index (Phi) is 4.76. The van der Waals surface area contributed by atoms with E-state index in [9.17, 15) is 4.79 Å². The lowest BCUT2D eigenvalue weighted by atomic mass is 10.1. The Morgan fingerprint density at radius 3 is 2.65 bits per heavy atom. The Hall–Kier alpha value is -0.650. The fourth-order valence-corrected chi connectivity index (χ4v) is 2.59. The lowest BCUT2D eigenvalue weighted by molar-refractivity contribution is -0.149. The van der Waals surface area contributed by atoms with Crippen molar-refractivity contribution in [2.75, 3.05) is 45.9 Å². The zero-order valence-electron chi connectivity index (χ0n) is 10.3. The van der Waals surface area contributed by atoms with Crippen LogP contribution in [-0.4, -0.2) is 72.9 Å². The van der Waals surface area contributed by atoms with Gasteiger partial charge in [-0.25, -0.2) is 0 Å². The summed E-state index contributed by atoms with van der Waals surface area (Å²) in [4.78, 5) is 15.6. The molecule has 2 aliphatic heterocycles. The van der Waals surface area contributed by atoms with E-state index in [-0.39, 0.29) is 0 Å². The number of rotatable bonds is 4. The second-order valence-corrected chi connectivity index (χ2v) is 4.87. The summed E-state index contributed by atoms with van der Waals surface area (Å²) in [5.41, 5.74) is 0. The molecular weight excluding hydrogens is 220 g/mol. The van der Waals surface area contributed by atoms with Crippen molar-refractivity contribution in [2.45, 2.75) is 25.3 Å². The van der Waals surface area contributed by atoms with Crippen LogP contribution in [0.25, 0.3) is 0 Å². The largest absolute Gasteiger partial charge is 0.480 e. The molecule has 2 heterocycles. The summed E-state index contributed by atoms with van der Waals surface area (Å²) in [5, 5.41) is 9.11. The lowest BCUT2D eigenvalue weighted by Gasteiger charge is -2.35. The molecule has 2 fully saturated rings. The van der Waals surface area contributed by atoms with E-state index in [0.29, 0.717) is 13.2 Å². The maximum atomic E-state index is 11.1. The van der Waals surface area contributed by atoms with Gasteiger partial charge in [0.25, 0.3) is 0 Å². The topological polar surface area (TPSA) is 53.0 Å². The van der Waals surface area contributed by atoms with Gasteiger partial charge in [-0.15, -0.1) is 0 Å². The quantitative estimate of drug-likeness (QED) is 0.766. The number of hydrogen-bond acceptors (Lipinski definition) is 4. The van der Waals surface area contributed by atoms with Crippen LogP contribution in [0.5, 0.6) is 0 Å². The van der Waals surface area contributed by atoms with Crippen molar-refractivity contribution in [3.8, 4) is 0 Å². The molecule has 0 bridgehead atoms. The number of piperidine rings is 1. The first kappa shape index (κ1) is 12.8. The maximum Gasteiger partial charge on any atom is 0.323 e. The molecule has 2 saturated heterocycles. The van der Waals surface area contributed by atoms with Crippen LogP contribution in [0.15, 0.2) is 0 Å². The minimum atomic E-state index is -0.761. The molecule has 0 aromatic rings. The van der Waals surface area contributed by atoms with Crippen molar-refractivity contribution in [1.82, 2.24) is 9.80 Å². The van der Waals surface area contributed by atoms with Gasteiger partial charge in [0.1, 0.15) is 6.04 Å². The van der Waals surface area contributed by atoms with Gasteiger partial charge >= 0.3 is 5.97 Å². The molecule has 17 heavy (non-hydrogen) atoms. The minimum absolute atomic E-state index is 0.329. The van der Waals surface area contributed by atoms with Crippen molar-refractivity contribution in [1.29, 1.82) is 0 Å². The fraction of sp³-hybridized carbons (Fsp3) is 0.917. The maximum absolute atomic E-state index is 11.1. The van der Waals surface area contributed by atoms with Gasteiger partial charge < -0.3 is 14.7 Å². The number of aliphatic carboxylic acids is 1. The van der Waals surface area contributed by atoms with E-state index in [2.05, 4.69) is 4.90 Å². The molecular formula is C12H22N2O3. The van der Waals surface area contributed by atoms with Gasteiger partial charge in [-0.2, -0.15) is 0 Å². The van der Waals surface area contributed by atoms with E-state index < -0.39 is 12.0 Å². The number of likely N-dealkylation sites (tertiary alicyclic amines) is 1. The predicted molar refractivity (Wildman–Crippen MR) is 64.1 cm³/mol. The van der Waals surface area contributed by atoms with Gasteiger partial charge in [0, 0.05) is 19.6 Å². The van der Waals surface area contributed by atoms with Crippen LogP contribution in [0, 0.1) is 0 Å². The number of nitrogens with zero attached hydrogens (tertiary/aromatic N) is 2. The molecule has 0 aliphatic carbocycles. The highest BCUT2D eigenvalue weighted by Gasteiger charge is 2.29. The van der Waals surface area contributed by atoms with Gasteiger partial charge in [-0.1, -0.05) is 6.42 Å². The zero-order valence-corrected chi connectivity index (χ0v) is 10.3. The lowest BCUT2D eigenvalue weighted by Crippen LogP contribution is -2.52. The van der Waals surface area contributed by atoms with Crippen LogP contribution in [0.2, 0.25) is 0 Å². The average Bonchev–Trinajstić information content (AvgIpc) is 2.38. The number of hydrogen-bond donors (Lipinski definition) is 1. The third kappa shape index (κ3) is 3.66. The molecule has 5 nitrogen and oxygen atoms in total. The van der Waals surface area contributed by atoms with Crippen LogP contribution in [-0.2, 0) is 9.53 Å². The number of carboxylic acids is 1. The first-order valence-electron chi connectivity index (χ1n) is 6.54. The van der Waals surface area contributed by atoms with E-state index in [1.807, 2.05) is 4.90 Å². The molecule has 0 aromatic carbocycles. The summed E-state index contributed by atoms with van der Waals surface area (Å²) in [6.45, 7) is 5.90. The number of carbonyl (C=O) groups is 1. The third-order valence-electron chi connectivity index (χ3n) is 3.68. The molecule has 0 radical (unpaired) electrons. The van der Waals surface area contributed by atoms with E-state index >= 15 is 0 Å². The third-order valence-corrected chi connectivity index (χ3v) is 3.68. The van der Waals surface area contributed by atoms with Crippen molar-refractivity contribution in [3.63, 3.8) is 0 Å². The van der Waals surface area contributed by atoms with Crippen LogP contribution < -0.4 is 0 Å². The molecule has 1 N–H and O–H groups in total. The standard InChI is InChI=1S/C12H22N2O3/c15-12(16)11-10-17-9-8-14(11)7-6-13-4-2-1-3-5-13/h11H,1-10H2,(H,15,16). The van der Waals surface area contributed by atoms with Gasteiger partial charge in [-0.05, 0) is 25.9 Å². The Labute approximate surface area is 102 Å². The van der Waals surface area contributed by atoms with Crippen LogP contribution >= 0.6 is 0 Å². The Morgan fingerprint density at radius 1 is 1.18 bits per heavy atom. The smallest absolute Gasteiger partial charge is 0.323 e. The molecule has 1 atom stereocenters. The number of ether oxygens (including phenoxy) is 1. The normalized spacial score (nSPS) is 28.1. The number of morpholine rings is 1. The Morgan fingerprint density at radius 2 is 1.94 bits per heavy atom. The summed E-state index contributed by atoms with van der Waals surface area (Å²) in [7, 11) is 0. The molecule has 98 valence electrons. The van der Waals surface area contributed by atoms with Crippen LogP contribution in [0.3, 0.4) is 0 Å². The summed E-state index contributed by atoms with van der Waals surface area (Å²) in [6, 6.07) is -0.450. The monoisotopic (exact) mass is 242 g/mol. The molecule has 0 aromatic heterocycles. The van der Waals surface area contributed by atoms with Crippen molar-refractivity contribution < 1.29 is 14.6 Å². The molecule has 0 amide bonds. The Bertz CT molecular complexity index is 254. The predicted octanol–water partition coefficient (Wildman–Crippen LogP) is 0.258. The van der Waals surface area contributed by atoms with Gasteiger partial charge in [-0.3, -0.25) is 9.69 Å². The first-order chi connectivity index (χ1) is 8.27. The van der Waals surface area contributed by atoms with Crippen molar-refractivity contribution >= 4 is 5.97 Å². The summed E-state index contributed by atoms with van der Waals surface area (Å²) >= 11 is 0. The highest BCUT2D eigenvalue weighted by Crippen LogP contribution is 2.11. The fourth-order valence-electron chi connectivity index (χ4n) is 2.59. The molecule has 2 aliphatic rings. The van der Waals surface area contributed by atoms with Crippen LogP contribution in [0.1, 0.15) is 19.3 Å². The Balaban J connectivity index is 1.77. The van der Waals surface area contributed by atoms with Crippen molar-refractivity contribution in [2.24, 2.45) is 0 Å². The zero-order chi connectivity index (χ0) is 12.1. The highest BCUT2D eigenvalue weighted by molar-refractivity contribution is 5.73. The van der Waals surface area contributed by atoms with E-state index in [1.54, 1.807) is 0 Å². The van der Waals surface area contributed by atoms with E-state index in [4.69, 9.17) is 9.84 Å². The van der Waals surface area contributed by atoms with Gasteiger partial charge in [0.15, 0.2) is 0 Å². The second kappa shape index (κ2) is 6.33. The summed E-state index contributed by atoms with van der Waals surface area (Å²) in [5.74, 6) is -0.761. The molecule has 2 rings (SSSR count). The molecule has 1 unspecified atom stereocenters. The molecule has 5 heteroatoms. The highest BCUT2D eigenvalue weighted by atomic mass is 16.5. The van der Waals surface area contributed by atoms with Gasteiger partial charge in [0.2, 0.25) is 0 Å².